The van der Waals surface area contributed by atoms with Gasteiger partial charge in [0.15, 0.2) is 4.67 Å². The van der Waals surface area contributed by atoms with Gasteiger partial charge >= 0.3 is 0 Å². The first-order valence-corrected chi connectivity index (χ1v) is 5.07. The zero-order chi connectivity index (χ0) is 8.81. The van der Waals surface area contributed by atoms with Crippen LogP contribution < -0.4 is 5.32 Å². The number of halogens is 1. The molecular formula is C9H14BrNO. The fraction of sp³-hybridized carbons (Fsp3) is 0.556. The molecular weight excluding hydrogens is 218 g/mol. The van der Waals surface area contributed by atoms with Crippen LogP contribution in [0.2, 0.25) is 0 Å². The Morgan fingerprint density at radius 3 is 2.92 bits per heavy atom. The number of hydrogen-bond donors (Lipinski definition) is 1. The Kier molecular flexibility index (Phi) is 4.40. The van der Waals surface area contributed by atoms with Gasteiger partial charge in [-0.15, -0.1) is 0 Å². The smallest absolute Gasteiger partial charge is 0.169 e. The Labute approximate surface area is 81.5 Å². The van der Waals surface area contributed by atoms with Crippen molar-refractivity contribution < 1.29 is 4.42 Å². The van der Waals surface area contributed by atoms with Crippen LogP contribution in [0.4, 0.5) is 0 Å². The molecule has 0 unspecified atom stereocenters. The third-order valence-corrected chi connectivity index (χ3v) is 2.06. The highest BCUT2D eigenvalue weighted by atomic mass is 79.9. The Morgan fingerprint density at radius 2 is 2.33 bits per heavy atom. The van der Waals surface area contributed by atoms with Crippen molar-refractivity contribution in [2.75, 3.05) is 6.54 Å². The van der Waals surface area contributed by atoms with Crippen molar-refractivity contribution in [1.82, 2.24) is 5.32 Å². The molecule has 1 N–H and O–H groups in total. The molecule has 0 aromatic carbocycles. The monoisotopic (exact) mass is 231 g/mol. The SMILES string of the molecule is CCCCNCc1ccc(Br)o1. The second-order valence-corrected chi connectivity index (χ2v) is 3.52. The van der Waals surface area contributed by atoms with E-state index >= 15 is 0 Å². The standard InChI is InChI=1S/C9H14BrNO/c1-2-3-6-11-7-8-4-5-9(10)12-8/h4-5,11H,2-3,6-7H2,1H3. The van der Waals surface area contributed by atoms with Crippen LogP contribution in [0, 0.1) is 0 Å². The summed E-state index contributed by atoms with van der Waals surface area (Å²) in [5.41, 5.74) is 0. The molecule has 0 aliphatic heterocycles. The van der Waals surface area contributed by atoms with Gasteiger partial charge in [0.25, 0.3) is 0 Å². The first kappa shape index (κ1) is 9.81. The Balaban J connectivity index is 2.15. The molecule has 0 aliphatic carbocycles. The summed E-state index contributed by atoms with van der Waals surface area (Å²) in [4.78, 5) is 0. The van der Waals surface area contributed by atoms with E-state index in [-0.39, 0.29) is 0 Å². The summed E-state index contributed by atoms with van der Waals surface area (Å²) in [6.07, 6.45) is 2.46. The molecule has 0 fully saturated rings. The maximum absolute atomic E-state index is 5.32. The zero-order valence-electron chi connectivity index (χ0n) is 7.27. The van der Waals surface area contributed by atoms with Gasteiger partial charge in [0.2, 0.25) is 0 Å². The molecule has 0 bridgehead atoms. The van der Waals surface area contributed by atoms with E-state index in [0.717, 1.165) is 23.5 Å². The zero-order valence-corrected chi connectivity index (χ0v) is 8.86. The normalized spacial score (nSPS) is 10.5. The van der Waals surface area contributed by atoms with Gasteiger partial charge in [-0.2, -0.15) is 0 Å². The van der Waals surface area contributed by atoms with Gasteiger partial charge in [-0.25, -0.2) is 0 Å². The predicted molar refractivity (Wildman–Crippen MR) is 53.0 cm³/mol. The molecule has 0 aliphatic rings. The first-order chi connectivity index (χ1) is 5.83. The topological polar surface area (TPSA) is 25.2 Å². The molecule has 12 heavy (non-hydrogen) atoms. The summed E-state index contributed by atoms with van der Waals surface area (Å²) in [7, 11) is 0. The van der Waals surface area contributed by atoms with E-state index in [1.165, 1.54) is 12.8 Å². The molecule has 0 spiro atoms. The average Bonchev–Trinajstić information content (AvgIpc) is 2.45. The number of nitrogens with one attached hydrogen (secondary N) is 1. The fourth-order valence-corrected chi connectivity index (χ4v) is 1.30. The van der Waals surface area contributed by atoms with Gasteiger partial charge in [0.05, 0.1) is 6.54 Å². The molecule has 3 heteroatoms. The van der Waals surface area contributed by atoms with Crippen molar-refractivity contribution in [3.05, 3.63) is 22.6 Å². The largest absolute Gasteiger partial charge is 0.453 e. The molecule has 0 saturated heterocycles. The number of rotatable bonds is 5. The lowest BCUT2D eigenvalue weighted by molar-refractivity contribution is 0.463. The molecule has 0 radical (unpaired) electrons. The van der Waals surface area contributed by atoms with Crippen LogP contribution in [0.25, 0.3) is 0 Å². The van der Waals surface area contributed by atoms with E-state index in [0.29, 0.717) is 0 Å². The summed E-state index contributed by atoms with van der Waals surface area (Å²) >= 11 is 3.26. The summed E-state index contributed by atoms with van der Waals surface area (Å²) < 4.78 is 6.12. The highest BCUT2D eigenvalue weighted by Crippen LogP contribution is 2.13. The van der Waals surface area contributed by atoms with Crippen LogP contribution in [-0.4, -0.2) is 6.54 Å². The Bertz CT molecular complexity index is 222. The molecule has 2 nitrogen and oxygen atoms in total. The maximum Gasteiger partial charge on any atom is 0.169 e. The lowest BCUT2D eigenvalue weighted by Gasteiger charge is -1.99. The summed E-state index contributed by atoms with van der Waals surface area (Å²) in [6.45, 7) is 4.07. The molecule has 0 atom stereocenters. The molecule has 1 aromatic heterocycles. The highest BCUT2D eigenvalue weighted by Gasteiger charge is 1.97. The van der Waals surface area contributed by atoms with Gasteiger partial charge in [0, 0.05) is 0 Å². The fourth-order valence-electron chi connectivity index (χ4n) is 0.960. The molecule has 0 amide bonds. The van der Waals surface area contributed by atoms with Crippen LogP contribution in [-0.2, 0) is 6.54 Å². The van der Waals surface area contributed by atoms with E-state index in [1.807, 2.05) is 12.1 Å². The third-order valence-electron chi connectivity index (χ3n) is 1.64. The minimum Gasteiger partial charge on any atom is -0.453 e. The van der Waals surface area contributed by atoms with Crippen LogP contribution >= 0.6 is 15.9 Å². The van der Waals surface area contributed by atoms with Gasteiger partial charge < -0.3 is 9.73 Å². The van der Waals surface area contributed by atoms with Crippen molar-refractivity contribution in [3.8, 4) is 0 Å². The molecule has 0 saturated carbocycles. The second kappa shape index (κ2) is 5.38. The summed E-state index contributed by atoms with van der Waals surface area (Å²) in [5.74, 6) is 0.984. The maximum atomic E-state index is 5.32. The highest BCUT2D eigenvalue weighted by molar-refractivity contribution is 9.10. The third kappa shape index (κ3) is 3.41. The van der Waals surface area contributed by atoms with Gasteiger partial charge in [-0.3, -0.25) is 0 Å². The number of unbranched alkanes of at least 4 members (excludes halogenated alkanes) is 1. The van der Waals surface area contributed by atoms with E-state index in [4.69, 9.17) is 4.42 Å². The van der Waals surface area contributed by atoms with Crippen molar-refractivity contribution in [3.63, 3.8) is 0 Å². The predicted octanol–water partition coefficient (Wildman–Crippen LogP) is 2.93. The van der Waals surface area contributed by atoms with Crippen molar-refractivity contribution in [2.24, 2.45) is 0 Å². The van der Waals surface area contributed by atoms with Gasteiger partial charge in [0.1, 0.15) is 5.76 Å². The van der Waals surface area contributed by atoms with Crippen LogP contribution in [0.15, 0.2) is 21.2 Å². The molecule has 1 aromatic rings. The van der Waals surface area contributed by atoms with Gasteiger partial charge in [-0.1, -0.05) is 13.3 Å². The minimum absolute atomic E-state index is 0.801. The Hall–Kier alpha value is -0.280. The van der Waals surface area contributed by atoms with E-state index in [2.05, 4.69) is 28.2 Å². The number of furan rings is 1. The molecule has 1 heterocycles. The van der Waals surface area contributed by atoms with E-state index in [9.17, 15) is 0 Å². The van der Waals surface area contributed by atoms with Crippen molar-refractivity contribution in [2.45, 2.75) is 26.3 Å². The van der Waals surface area contributed by atoms with Gasteiger partial charge in [-0.05, 0) is 41.0 Å². The summed E-state index contributed by atoms with van der Waals surface area (Å²) in [6, 6.07) is 3.89. The summed E-state index contributed by atoms with van der Waals surface area (Å²) in [5, 5.41) is 3.30. The molecule has 68 valence electrons. The Morgan fingerprint density at radius 1 is 1.50 bits per heavy atom. The van der Waals surface area contributed by atoms with Crippen molar-refractivity contribution in [1.29, 1.82) is 0 Å². The van der Waals surface area contributed by atoms with Crippen LogP contribution in [0.1, 0.15) is 25.5 Å². The van der Waals surface area contributed by atoms with Crippen LogP contribution in [0.3, 0.4) is 0 Å². The average molecular weight is 232 g/mol. The van der Waals surface area contributed by atoms with Crippen molar-refractivity contribution >= 4 is 15.9 Å². The lowest BCUT2D eigenvalue weighted by atomic mass is 10.3. The lowest BCUT2D eigenvalue weighted by Crippen LogP contribution is -2.13. The molecule has 1 rings (SSSR count). The number of hydrogen-bond acceptors (Lipinski definition) is 2. The van der Waals surface area contributed by atoms with E-state index < -0.39 is 0 Å². The minimum atomic E-state index is 0.801. The van der Waals surface area contributed by atoms with E-state index in [1.54, 1.807) is 0 Å². The quantitative estimate of drug-likeness (QED) is 0.789. The van der Waals surface area contributed by atoms with Crippen LogP contribution in [0.5, 0.6) is 0 Å². The first-order valence-electron chi connectivity index (χ1n) is 4.28. The second-order valence-electron chi connectivity index (χ2n) is 2.74.